The predicted molar refractivity (Wildman–Crippen MR) is 79.6 cm³/mol. The van der Waals surface area contributed by atoms with Crippen molar-refractivity contribution in [2.45, 2.75) is 41.5 Å². The second-order valence-corrected chi connectivity index (χ2v) is 4.10. The fourth-order valence-corrected chi connectivity index (χ4v) is 0.859. The maximum absolute atomic E-state index is 9.98. The molecule has 0 spiro atoms. The summed E-state index contributed by atoms with van der Waals surface area (Å²) >= 11 is 0. The second kappa shape index (κ2) is 20.2. The molecule has 0 aliphatic heterocycles. The number of Topliss-reactive ketones (excluding diaryl/α,β-unsaturated/α-hetero) is 2. The average Bonchev–Trinajstić information content (AvgIpc) is 2.10. The van der Waals surface area contributed by atoms with Crippen molar-refractivity contribution in [2.24, 2.45) is 0 Å². The van der Waals surface area contributed by atoms with Crippen molar-refractivity contribution in [1.82, 2.24) is 6.15 Å². The number of hydrogen-bond donors (Lipinski definition) is 1. The predicted octanol–water partition coefficient (Wildman–Crippen LogP) is 0.207. The van der Waals surface area contributed by atoms with E-state index in [0.717, 1.165) is 18.6 Å². The van der Waals surface area contributed by atoms with Gasteiger partial charge in [0.15, 0.2) is 11.6 Å². The van der Waals surface area contributed by atoms with E-state index in [0.29, 0.717) is 0 Å². The van der Waals surface area contributed by atoms with Crippen molar-refractivity contribution in [3.05, 3.63) is 30.1 Å². The summed E-state index contributed by atoms with van der Waals surface area (Å²) in [6.07, 6.45) is 3.17. The van der Waals surface area contributed by atoms with Gasteiger partial charge in [0, 0.05) is 11.6 Å². The Morgan fingerprint density at radius 3 is 0.913 bits per heavy atom. The molecular formula is C15H24IrNO6. The monoisotopic (exact) mass is 507 g/mol. The van der Waals surface area contributed by atoms with Gasteiger partial charge in [-0.1, -0.05) is 13.8 Å². The Balaban J connectivity index is -0.0000000675. The van der Waals surface area contributed by atoms with Crippen LogP contribution in [-0.4, -0.2) is 23.1 Å². The number of ketones is 4. The van der Waals surface area contributed by atoms with Gasteiger partial charge in [0.1, 0.15) is 0 Å². The molecule has 0 fully saturated rings. The zero-order chi connectivity index (χ0) is 17.6. The van der Waals surface area contributed by atoms with E-state index < -0.39 is 0 Å². The molecule has 0 saturated heterocycles. The van der Waals surface area contributed by atoms with Crippen molar-refractivity contribution in [3.63, 3.8) is 0 Å². The minimum atomic E-state index is -0.187. The fraction of sp³-hybridized carbons (Fsp3) is 0.400. The Bertz CT molecular complexity index is 393. The Hall–Kier alpha value is -1.76. The van der Waals surface area contributed by atoms with Crippen molar-refractivity contribution < 1.29 is 49.5 Å². The average molecular weight is 507 g/mol. The van der Waals surface area contributed by atoms with Gasteiger partial charge in [0.2, 0.25) is 0 Å². The van der Waals surface area contributed by atoms with Crippen LogP contribution in [0, 0.1) is 6.42 Å². The largest absolute Gasteiger partial charge is 3.00 e. The Morgan fingerprint density at radius 2 is 0.913 bits per heavy atom. The maximum atomic E-state index is 9.98. The summed E-state index contributed by atoms with van der Waals surface area (Å²) in [6, 6.07) is 0. The first-order valence-electron chi connectivity index (χ1n) is 5.96. The molecule has 0 atom stereocenters. The van der Waals surface area contributed by atoms with Crippen molar-refractivity contribution in [1.29, 1.82) is 0 Å². The molecule has 0 aromatic carbocycles. The molecule has 23 heavy (non-hydrogen) atoms. The molecule has 8 heteroatoms. The van der Waals surface area contributed by atoms with E-state index in [1.165, 1.54) is 41.5 Å². The van der Waals surface area contributed by atoms with E-state index in [1.54, 1.807) is 0 Å². The standard InChI is InChI=1S/2C5H8O2.C5H7O2.Ir.H3N/c3*1-4(6)3-5(2)7;;/h2*3,6H,1-2H3;3H,1-2H3;;1H3/q;;-1;+3;/p-2/b2*4-3-;;;. The quantitative estimate of drug-likeness (QED) is 0.248. The smallest absolute Gasteiger partial charge is 0.876 e. The molecular weight excluding hydrogens is 482 g/mol. The van der Waals surface area contributed by atoms with E-state index in [2.05, 4.69) is 0 Å². The Labute approximate surface area is 150 Å². The van der Waals surface area contributed by atoms with Crippen LogP contribution < -0.4 is 16.4 Å². The molecule has 0 radical (unpaired) electrons. The molecule has 0 bridgehead atoms. The van der Waals surface area contributed by atoms with Gasteiger partial charge in [-0.2, -0.15) is 0 Å². The molecule has 0 unspecified atom stereocenters. The summed E-state index contributed by atoms with van der Waals surface area (Å²) in [5, 5.41) is 20.0. The SMILES string of the molecule is CC(=O)/C=C(/C)[O-].CC(=O)/C=C(/C)[O-].CC(=O)[CH-]C(C)=O.N.[Ir+3]. The second-order valence-electron chi connectivity index (χ2n) is 4.10. The van der Waals surface area contributed by atoms with Crippen LogP contribution in [0.3, 0.4) is 0 Å². The summed E-state index contributed by atoms with van der Waals surface area (Å²) in [4.78, 5) is 39.9. The number of carbonyl (C=O) groups is 4. The number of allylic oxidation sites excluding steroid dienone is 4. The topological polar surface area (TPSA) is 149 Å². The van der Waals surface area contributed by atoms with Crippen LogP contribution in [0.4, 0.5) is 0 Å². The molecule has 0 aromatic heterocycles. The summed E-state index contributed by atoms with van der Waals surface area (Å²) in [6.45, 7) is 8.09. The van der Waals surface area contributed by atoms with Crippen LogP contribution in [0.25, 0.3) is 0 Å². The van der Waals surface area contributed by atoms with Gasteiger partial charge in [-0.05, 0) is 39.8 Å². The van der Waals surface area contributed by atoms with Crippen molar-refractivity contribution >= 4 is 23.1 Å². The van der Waals surface area contributed by atoms with Gasteiger partial charge in [-0.15, -0.1) is 11.5 Å². The molecule has 0 saturated carbocycles. The minimum absolute atomic E-state index is 0. The minimum Gasteiger partial charge on any atom is -0.876 e. The molecule has 0 rings (SSSR count). The zero-order valence-corrected chi connectivity index (χ0v) is 16.6. The van der Waals surface area contributed by atoms with Gasteiger partial charge >= 0.3 is 20.1 Å². The van der Waals surface area contributed by atoms with Gasteiger partial charge in [-0.3, -0.25) is 16.0 Å². The molecule has 0 aliphatic carbocycles. The Morgan fingerprint density at radius 1 is 0.696 bits per heavy atom. The van der Waals surface area contributed by atoms with E-state index in [-0.39, 0.29) is 60.9 Å². The first kappa shape index (κ1) is 33.0. The van der Waals surface area contributed by atoms with Gasteiger partial charge in [0.05, 0.1) is 0 Å². The molecule has 3 N–H and O–H groups in total. The fourth-order valence-electron chi connectivity index (χ4n) is 0.859. The van der Waals surface area contributed by atoms with Crippen LogP contribution in [0.15, 0.2) is 23.7 Å². The van der Waals surface area contributed by atoms with Crippen LogP contribution >= 0.6 is 0 Å². The van der Waals surface area contributed by atoms with E-state index in [4.69, 9.17) is 0 Å². The van der Waals surface area contributed by atoms with E-state index in [1.807, 2.05) is 0 Å². The summed E-state index contributed by atoms with van der Waals surface area (Å²) in [7, 11) is 0. The third kappa shape index (κ3) is 64.2. The van der Waals surface area contributed by atoms with Gasteiger partial charge < -0.3 is 26.0 Å². The molecule has 0 heterocycles. The molecule has 0 aromatic rings. The normalized spacial score (nSPS) is 9.30. The molecule has 134 valence electrons. The van der Waals surface area contributed by atoms with Crippen molar-refractivity contribution in [2.75, 3.05) is 0 Å². The van der Waals surface area contributed by atoms with Crippen molar-refractivity contribution in [3.8, 4) is 0 Å². The van der Waals surface area contributed by atoms with Crippen LogP contribution in [0.1, 0.15) is 41.5 Å². The summed E-state index contributed by atoms with van der Waals surface area (Å²) in [5.41, 5.74) is 0. The third-order valence-electron chi connectivity index (χ3n) is 1.22. The molecule has 7 nitrogen and oxygen atoms in total. The first-order chi connectivity index (χ1) is 9.38. The third-order valence-corrected chi connectivity index (χ3v) is 1.22. The maximum Gasteiger partial charge on any atom is 3.00 e. The number of carbonyl (C=O) groups excluding carboxylic acids is 4. The Kier molecular flexibility index (Phi) is 29.0. The number of hydrogen-bond acceptors (Lipinski definition) is 7. The first-order valence-corrected chi connectivity index (χ1v) is 5.96. The zero-order valence-electron chi connectivity index (χ0n) is 14.2. The summed E-state index contributed by atoms with van der Waals surface area (Å²) in [5.74, 6) is -1.12. The van der Waals surface area contributed by atoms with Gasteiger partial charge in [-0.25, -0.2) is 0 Å². The van der Waals surface area contributed by atoms with Crippen LogP contribution in [0.5, 0.6) is 0 Å². The van der Waals surface area contributed by atoms with Crippen LogP contribution in [0.2, 0.25) is 0 Å². The van der Waals surface area contributed by atoms with Gasteiger partial charge in [0.25, 0.3) is 0 Å². The number of rotatable bonds is 4. The van der Waals surface area contributed by atoms with E-state index in [9.17, 15) is 29.4 Å². The van der Waals surface area contributed by atoms with Crippen LogP contribution in [-0.2, 0) is 39.3 Å². The molecule has 0 amide bonds. The van der Waals surface area contributed by atoms with E-state index >= 15 is 0 Å². The summed E-state index contributed by atoms with van der Waals surface area (Å²) < 4.78 is 0. The molecule has 0 aliphatic rings.